The van der Waals surface area contributed by atoms with Crippen LogP contribution in [0.5, 0.6) is 0 Å². The van der Waals surface area contributed by atoms with Gasteiger partial charge in [0.25, 0.3) is 0 Å². The lowest BCUT2D eigenvalue weighted by Crippen LogP contribution is -2.31. The van der Waals surface area contributed by atoms with E-state index in [1.807, 2.05) is 29.2 Å². The third-order valence-electron chi connectivity index (χ3n) is 3.11. The van der Waals surface area contributed by atoms with Gasteiger partial charge >= 0.3 is 0 Å². The van der Waals surface area contributed by atoms with Crippen LogP contribution >= 0.6 is 0 Å². The molecule has 1 N–H and O–H groups in total. The maximum atomic E-state index is 12.2. The number of carbonyl (C=O) groups is 1. The van der Waals surface area contributed by atoms with E-state index in [0.29, 0.717) is 13.0 Å². The Morgan fingerprint density at radius 3 is 3.11 bits per heavy atom. The fraction of sp³-hybridized carbons (Fsp3) is 0.500. The van der Waals surface area contributed by atoms with E-state index in [-0.39, 0.29) is 5.91 Å². The van der Waals surface area contributed by atoms with Crippen molar-refractivity contribution in [2.45, 2.75) is 19.3 Å². The molecule has 0 saturated carbocycles. The van der Waals surface area contributed by atoms with Gasteiger partial charge in [-0.1, -0.05) is 12.1 Å². The first-order valence-electron chi connectivity index (χ1n) is 6.45. The molecule has 18 heavy (non-hydrogen) atoms. The molecule has 1 amide bonds. The van der Waals surface area contributed by atoms with Crippen molar-refractivity contribution >= 4 is 17.3 Å². The van der Waals surface area contributed by atoms with Gasteiger partial charge in [0.05, 0.1) is 11.4 Å². The average Bonchev–Trinajstić information content (AvgIpc) is 2.61. The number of amides is 1. The van der Waals surface area contributed by atoms with E-state index < -0.39 is 0 Å². The van der Waals surface area contributed by atoms with Crippen molar-refractivity contribution in [2.24, 2.45) is 0 Å². The summed E-state index contributed by atoms with van der Waals surface area (Å²) in [4.78, 5) is 14.1. The van der Waals surface area contributed by atoms with Gasteiger partial charge in [0, 0.05) is 33.2 Å². The van der Waals surface area contributed by atoms with Crippen LogP contribution in [0.2, 0.25) is 0 Å². The van der Waals surface area contributed by atoms with Crippen molar-refractivity contribution in [1.82, 2.24) is 0 Å². The number of hydrogen-bond donors (Lipinski definition) is 1. The van der Waals surface area contributed by atoms with Crippen LogP contribution in [0.4, 0.5) is 11.4 Å². The lowest BCUT2D eigenvalue weighted by molar-refractivity contribution is -0.118. The highest BCUT2D eigenvalue weighted by atomic mass is 16.5. The molecule has 0 saturated heterocycles. The minimum atomic E-state index is 0.184. The molecule has 1 aliphatic heterocycles. The highest BCUT2D eigenvalue weighted by Gasteiger charge is 2.19. The average molecular weight is 248 g/mol. The molecule has 0 unspecified atom stereocenters. The molecule has 98 valence electrons. The van der Waals surface area contributed by atoms with Crippen molar-refractivity contribution in [3.63, 3.8) is 0 Å². The van der Waals surface area contributed by atoms with Crippen molar-refractivity contribution in [1.29, 1.82) is 0 Å². The van der Waals surface area contributed by atoms with Gasteiger partial charge in [-0.2, -0.15) is 0 Å². The van der Waals surface area contributed by atoms with Gasteiger partial charge in [-0.15, -0.1) is 0 Å². The second-order valence-corrected chi connectivity index (χ2v) is 4.44. The molecule has 0 atom stereocenters. The van der Waals surface area contributed by atoms with Gasteiger partial charge in [0.15, 0.2) is 0 Å². The molecule has 4 heteroatoms. The summed E-state index contributed by atoms with van der Waals surface area (Å²) >= 11 is 0. The zero-order chi connectivity index (χ0) is 12.8. The third kappa shape index (κ3) is 3.01. The number of nitrogens with one attached hydrogen (secondary N) is 1. The third-order valence-corrected chi connectivity index (χ3v) is 3.11. The largest absolute Gasteiger partial charge is 0.385 e. The van der Waals surface area contributed by atoms with Crippen molar-refractivity contribution in [3.05, 3.63) is 24.3 Å². The standard InChI is InChI=1S/C14H20N2O2/c1-18-11-4-8-14(17)16-10-5-9-15-12-6-2-3-7-13(12)16/h2-3,6-7,15H,4-5,8-11H2,1H3. The van der Waals surface area contributed by atoms with Crippen LogP contribution in [0.3, 0.4) is 0 Å². The topological polar surface area (TPSA) is 41.6 Å². The molecule has 1 aliphatic rings. The Labute approximate surface area is 108 Å². The van der Waals surface area contributed by atoms with Crippen molar-refractivity contribution < 1.29 is 9.53 Å². The first-order valence-corrected chi connectivity index (χ1v) is 6.45. The van der Waals surface area contributed by atoms with Crippen LogP contribution < -0.4 is 10.2 Å². The molecule has 1 aromatic rings. The number of rotatable bonds is 4. The molecular formula is C14H20N2O2. The van der Waals surface area contributed by atoms with Crippen LogP contribution in [0.1, 0.15) is 19.3 Å². The minimum Gasteiger partial charge on any atom is -0.385 e. The maximum Gasteiger partial charge on any atom is 0.227 e. The molecule has 2 rings (SSSR count). The molecule has 0 fully saturated rings. The number of methoxy groups -OCH3 is 1. The van der Waals surface area contributed by atoms with E-state index in [1.54, 1.807) is 7.11 Å². The summed E-state index contributed by atoms with van der Waals surface area (Å²) in [6.07, 6.45) is 2.30. The highest BCUT2D eigenvalue weighted by molar-refractivity contribution is 5.96. The molecule has 0 aromatic heterocycles. The second kappa shape index (κ2) is 6.40. The summed E-state index contributed by atoms with van der Waals surface area (Å²) in [7, 11) is 1.66. The van der Waals surface area contributed by atoms with Gasteiger partial charge in [0.2, 0.25) is 5.91 Å². The zero-order valence-electron chi connectivity index (χ0n) is 10.8. The quantitative estimate of drug-likeness (QED) is 0.831. The number of hydrogen-bond acceptors (Lipinski definition) is 3. The van der Waals surface area contributed by atoms with Gasteiger partial charge in [-0.3, -0.25) is 4.79 Å². The molecular weight excluding hydrogens is 228 g/mol. The number of carbonyl (C=O) groups excluding carboxylic acids is 1. The highest BCUT2D eigenvalue weighted by Crippen LogP contribution is 2.28. The van der Waals surface area contributed by atoms with Gasteiger partial charge in [-0.05, 0) is 25.0 Å². The predicted molar refractivity (Wildman–Crippen MR) is 73.0 cm³/mol. The van der Waals surface area contributed by atoms with E-state index in [4.69, 9.17) is 4.74 Å². The van der Waals surface area contributed by atoms with E-state index in [9.17, 15) is 4.79 Å². The van der Waals surface area contributed by atoms with Crippen LogP contribution in [-0.4, -0.2) is 32.7 Å². The summed E-state index contributed by atoms with van der Waals surface area (Å²) in [5, 5.41) is 3.36. The number of para-hydroxylation sites is 2. The Bertz CT molecular complexity index is 407. The normalized spacial score (nSPS) is 14.6. The van der Waals surface area contributed by atoms with Crippen LogP contribution in [-0.2, 0) is 9.53 Å². The number of benzene rings is 1. The van der Waals surface area contributed by atoms with Crippen molar-refractivity contribution in [3.8, 4) is 0 Å². The van der Waals surface area contributed by atoms with Crippen LogP contribution in [0.25, 0.3) is 0 Å². The van der Waals surface area contributed by atoms with E-state index in [0.717, 1.165) is 37.3 Å². The molecule has 1 heterocycles. The molecule has 1 aromatic carbocycles. The van der Waals surface area contributed by atoms with E-state index in [1.165, 1.54) is 0 Å². The lowest BCUT2D eigenvalue weighted by Gasteiger charge is -2.22. The molecule has 4 nitrogen and oxygen atoms in total. The predicted octanol–water partition coefficient (Wildman–Crippen LogP) is 2.26. The first kappa shape index (κ1) is 12.9. The lowest BCUT2D eigenvalue weighted by atomic mass is 10.2. The second-order valence-electron chi connectivity index (χ2n) is 4.44. The van der Waals surface area contributed by atoms with E-state index >= 15 is 0 Å². The maximum absolute atomic E-state index is 12.2. The number of anilines is 2. The fourth-order valence-corrected chi connectivity index (χ4v) is 2.20. The Morgan fingerprint density at radius 2 is 2.28 bits per heavy atom. The van der Waals surface area contributed by atoms with Gasteiger partial charge < -0.3 is 15.0 Å². The smallest absolute Gasteiger partial charge is 0.227 e. The monoisotopic (exact) mass is 248 g/mol. The van der Waals surface area contributed by atoms with Gasteiger partial charge in [-0.25, -0.2) is 0 Å². The summed E-state index contributed by atoms with van der Waals surface area (Å²) < 4.78 is 4.99. The Kier molecular flexibility index (Phi) is 4.59. The Morgan fingerprint density at radius 1 is 1.44 bits per heavy atom. The van der Waals surface area contributed by atoms with Crippen molar-refractivity contribution in [2.75, 3.05) is 37.0 Å². The number of ether oxygens (including phenoxy) is 1. The SMILES string of the molecule is COCCCC(=O)N1CCCNc2ccccc21. The zero-order valence-corrected chi connectivity index (χ0v) is 10.8. The Balaban J connectivity index is 2.09. The number of fused-ring (bicyclic) bond motifs is 1. The summed E-state index contributed by atoms with van der Waals surface area (Å²) in [6.45, 7) is 2.34. The first-order chi connectivity index (χ1) is 8.83. The summed E-state index contributed by atoms with van der Waals surface area (Å²) in [5.41, 5.74) is 2.05. The fourth-order valence-electron chi connectivity index (χ4n) is 2.20. The summed E-state index contributed by atoms with van der Waals surface area (Å²) in [5.74, 6) is 0.184. The molecule has 0 radical (unpaired) electrons. The molecule has 0 bridgehead atoms. The van der Waals surface area contributed by atoms with Crippen LogP contribution in [0.15, 0.2) is 24.3 Å². The van der Waals surface area contributed by atoms with Gasteiger partial charge in [0.1, 0.15) is 0 Å². The molecule has 0 spiro atoms. The number of nitrogens with zero attached hydrogens (tertiary/aromatic N) is 1. The Hall–Kier alpha value is -1.55. The summed E-state index contributed by atoms with van der Waals surface area (Å²) in [6, 6.07) is 7.99. The van der Waals surface area contributed by atoms with E-state index in [2.05, 4.69) is 5.32 Å². The molecule has 0 aliphatic carbocycles. The van der Waals surface area contributed by atoms with Crippen LogP contribution in [0, 0.1) is 0 Å². The minimum absolute atomic E-state index is 0.184.